The first-order valence-electron chi connectivity index (χ1n) is 18.6. The number of amides is 1. The van der Waals surface area contributed by atoms with Crippen LogP contribution in [0.25, 0.3) is 11.4 Å². The first-order chi connectivity index (χ1) is 29.0. The lowest BCUT2D eigenvalue weighted by atomic mass is 10.1. The normalized spacial score (nSPS) is 13.3. The van der Waals surface area contributed by atoms with Crippen LogP contribution in [0.5, 0.6) is 11.5 Å². The third kappa shape index (κ3) is 12.3. The minimum Gasteiger partial charge on any atom is -0.481 e. The van der Waals surface area contributed by atoms with Gasteiger partial charge in [0.25, 0.3) is 0 Å². The third-order valence-electron chi connectivity index (χ3n) is 9.18. The molecule has 4 aromatic carbocycles. The molecule has 0 atom stereocenters. The number of carboxylic acids is 1. The molecule has 0 spiro atoms. The van der Waals surface area contributed by atoms with Crippen LogP contribution in [0.4, 0.5) is 46.5 Å². The third-order valence-corrected chi connectivity index (χ3v) is 9.18. The molecule has 0 bridgehead atoms. The summed E-state index contributed by atoms with van der Waals surface area (Å²) < 4.78 is 109. The number of benzene rings is 4. The lowest BCUT2D eigenvalue weighted by molar-refractivity contribution is -0.275. The SMILES string of the molecule is Fc1ccc(-n2ncc3c2CCCN3)cc1.O=C(Cc1ccc(OC(F)(F)F)cc1)N1CCCc2c1cnn2-c1ccc(F)cc1.O=C(O)Cc1ccc(OC(F)(F)F)cc1. The zero-order valence-electron chi connectivity index (χ0n) is 31.9. The molecule has 19 heteroatoms. The number of hydrogen-bond acceptors (Lipinski definition) is 7. The Morgan fingerprint density at radius 2 is 1.11 bits per heavy atom. The molecule has 1 amide bonds. The second-order valence-corrected chi connectivity index (χ2v) is 13.6. The number of anilines is 2. The van der Waals surface area contributed by atoms with Crippen molar-refractivity contribution < 1.29 is 59.3 Å². The van der Waals surface area contributed by atoms with Crippen molar-refractivity contribution in [2.24, 2.45) is 0 Å². The predicted octanol–water partition coefficient (Wildman–Crippen LogP) is 9.01. The summed E-state index contributed by atoms with van der Waals surface area (Å²) in [7, 11) is 0. The topological polar surface area (TPSA) is 124 Å². The van der Waals surface area contributed by atoms with Gasteiger partial charge in [0, 0.05) is 13.1 Å². The molecule has 0 saturated heterocycles. The summed E-state index contributed by atoms with van der Waals surface area (Å²) >= 11 is 0. The Morgan fingerprint density at radius 3 is 1.62 bits per heavy atom. The van der Waals surface area contributed by atoms with Crippen LogP contribution in [0.2, 0.25) is 0 Å². The van der Waals surface area contributed by atoms with Gasteiger partial charge in [0.2, 0.25) is 5.91 Å². The number of carbonyl (C=O) groups excluding carboxylic acids is 1. The fourth-order valence-electron chi connectivity index (χ4n) is 6.52. The van der Waals surface area contributed by atoms with E-state index < -0.39 is 18.7 Å². The molecule has 2 aliphatic rings. The number of nitrogens with one attached hydrogen (secondary N) is 1. The largest absolute Gasteiger partial charge is 0.573 e. The molecular formula is C42H36F8N6O5. The Morgan fingerprint density at radius 1 is 0.639 bits per heavy atom. The lowest BCUT2D eigenvalue weighted by Gasteiger charge is -2.27. The number of nitrogens with zero attached hydrogens (tertiary/aromatic N) is 5. The highest BCUT2D eigenvalue weighted by Gasteiger charge is 2.32. The number of aliphatic carboxylic acids is 1. The quantitative estimate of drug-likeness (QED) is 0.146. The Bertz CT molecular complexity index is 2400. The van der Waals surface area contributed by atoms with Crippen LogP contribution in [-0.4, -0.2) is 62.4 Å². The number of rotatable bonds is 8. The van der Waals surface area contributed by atoms with E-state index in [4.69, 9.17) is 5.11 Å². The molecule has 0 unspecified atom stereocenters. The molecule has 2 aliphatic heterocycles. The summed E-state index contributed by atoms with van der Waals surface area (Å²) in [5.74, 6) is -2.49. The molecule has 0 radical (unpaired) electrons. The number of ether oxygens (including phenoxy) is 2. The predicted molar refractivity (Wildman–Crippen MR) is 206 cm³/mol. The van der Waals surface area contributed by atoms with Gasteiger partial charge in [-0.1, -0.05) is 24.3 Å². The Hall–Kier alpha value is -6.92. The van der Waals surface area contributed by atoms with Crippen molar-refractivity contribution >= 4 is 23.3 Å². The van der Waals surface area contributed by atoms with Gasteiger partial charge in [0.05, 0.1) is 59.4 Å². The van der Waals surface area contributed by atoms with Gasteiger partial charge < -0.3 is 24.8 Å². The highest BCUT2D eigenvalue weighted by atomic mass is 19.4. The number of carboxylic acid groups (broad SMARTS) is 1. The molecule has 2 N–H and O–H groups in total. The molecule has 8 rings (SSSR count). The van der Waals surface area contributed by atoms with E-state index in [0.717, 1.165) is 61.4 Å². The fraction of sp³-hybridized carbons (Fsp3) is 0.238. The van der Waals surface area contributed by atoms with Crippen molar-refractivity contribution in [3.63, 3.8) is 0 Å². The second-order valence-electron chi connectivity index (χ2n) is 13.6. The van der Waals surface area contributed by atoms with E-state index in [0.29, 0.717) is 29.0 Å². The number of carbonyl (C=O) groups is 2. The molecule has 4 heterocycles. The van der Waals surface area contributed by atoms with Gasteiger partial charge in [0.15, 0.2) is 0 Å². The second kappa shape index (κ2) is 19.0. The number of aromatic nitrogens is 4. The Balaban J connectivity index is 0.000000169. The first-order valence-corrected chi connectivity index (χ1v) is 18.6. The Kier molecular flexibility index (Phi) is 13.6. The molecule has 11 nitrogen and oxygen atoms in total. The fourth-order valence-corrected chi connectivity index (χ4v) is 6.52. The van der Waals surface area contributed by atoms with Gasteiger partial charge in [-0.25, -0.2) is 18.1 Å². The van der Waals surface area contributed by atoms with Crippen LogP contribution < -0.4 is 19.7 Å². The van der Waals surface area contributed by atoms with E-state index in [1.807, 2.05) is 10.9 Å². The smallest absolute Gasteiger partial charge is 0.481 e. The molecule has 6 aromatic rings. The van der Waals surface area contributed by atoms with Crippen LogP contribution in [0.15, 0.2) is 109 Å². The van der Waals surface area contributed by atoms with Crippen molar-refractivity contribution in [2.75, 3.05) is 23.3 Å². The standard InChI is InChI=1S/C21H17F4N3O2.C12H12FN3.C9H7F3O3/c22-15-5-7-16(8-6-15)28-18-2-1-11-27(19(18)13-26-28)20(29)12-14-3-9-17(10-4-14)30-21(23,24)25;13-9-3-5-10(6-4-9)16-12-2-1-7-14-11(12)8-15-16;10-9(11,12)15-7-3-1-6(2-4-7)5-8(13)14/h3-10,13H,1-2,11-12H2;3-6,8,14H,1-2,7H2;1-4H,5H2,(H,13,14). The minimum absolute atomic E-state index is 0.0352. The maximum absolute atomic E-state index is 13.2. The van der Waals surface area contributed by atoms with E-state index in [-0.39, 0.29) is 41.9 Å². The molecule has 0 aliphatic carbocycles. The van der Waals surface area contributed by atoms with Crippen molar-refractivity contribution in [2.45, 2.75) is 51.2 Å². The molecule has 0 fully saturated rings. The summed E-state index contributed by atoms with van der Waals surface area (Å²) in [6.07, 6.45) is -2.66. The number of halogens is 8. The number of hydrogen-bond donors (Lipinski definition) is 2. The summed E-state index contributed by atoms with van der Waals surface area (Å²) in [6.45, 7) is 1.53. The van der Waals surface area contributed by atoms with Crippen LogP contribution in [0.1, 0.15) is 35.4 Å². The van der Waals surface area contributed by atoms with E-state index in [1.165, 1.54) is 66.4 Å². The van der Waals surface area contributed by atoms with Gasteiger partial charge in [0.1, 0.15) is 23.1 Å². The van der Waals surface area contributed by atoms with E-state index in [2.05, 4.69) is 25.0 Å². The zero-order chi connectivity index (χ0) is 43.7. The van der Waals surface area contributed by atoms with E-state index >= 15 is 0 Å². The van der Waals surface area contributed by atoms with Crippen molar-refractivity contribution in [3.05, 3.63) is 144 Å². The van der Waals surface area contributed by atoms with Crippen LogP contribution >= 0.6 is 0 Å². The van der Waals surface area contributed by atoms with Crippen LogP contribution in [0.3, 0.4) is 0 Å². The number of alkyl halides is 6. The molecule has 61 heavy (non-hydrogen) atoms. The molecular weight excluding hydrogens is 820 g/mol. The molecule has 2 aromatic heterocycles. The lowest BCUT2D eigenvalue weighted by Crippen LogP contribution is -2.36. The van der Waals surface area contributed by atoms with Crippen molar-refractivity contribution in [1.29, 1.82) is 0 Å². The number of fused-ring (bicyclic) bond motifs is 2. The van der Waals surface area contributed by atoms with Gasteiger partial charge in [-0.2, -0.15) is 10.2 Å². The summed E-state index contributed by atoms with van der Waals surface area (Å²) in [4.78, 5) is 24.8. The summed E-state index contributed by atoms with van der Waals surface area (Å²) in [5.41, 5.74) is 6.42. The monoisotopic (exact) mass is 856 g/mol. The minimum atomic E-state index is -4.76. The average Bonchev–Trinajstić information content (AvgIpc) is 3.85. The van der Waals surface area contributed by atoms with Crippen LogP contribution in [0, 0.1) is 11.6 Å². The van der Waals surface area contributed by atoms with Crippen LogP contribution in [-0.2, 0) is 35.3 Å². The van der Waals surface area contributed by atoms with Crippen molar-refractivity contribution in [1.82, 2.24) is 19.6 Å². The first kappa shape index (κ1) is 43.7. The van der Waals surface area contributed by atoms with Gasteiger partial charge in [-0.05, 0) is 110 Å². The molecule has 320 valence electrons. The highest BCUT2D eigenvalue weighted by Crippen LogP contribution is 2.31. The van der Waals surface area contributed by atoms with Gasteiger partial charge in [-0.15, -0.1) is 26.3 Å². The highest BCUT2D eigenvalue weighted by molar-refractivity contribution is 5.95. The van der Waals surface area contributed by atoms with E-state index in [1.54, 1.807) is 40.0 Å². The summed E-state index contributed by atoms with van der Waals surface area (Å²) in [6, 6.07) is 22.3. The maximum atomic E-state index is 13.2. The maximum Gasteiger partial charge on any atom is 0.573 e. The Labute approximate surface area is 342 Å². The van der Waals surface area contributed by atoms with E-state index in [9.17, 15) is 44.7 Å². The zero-order valence-corrected chi connectivity index (χ0v) is 31.9. The van der Waals surface area contributed by atoms with Gasteiger partial charge >= 0.3 is 18.7 Å². The average molecular weight is 857 g/mol. The summed E-state index contributed by atoms with van der Waals surface area (Å²) in [5, 5.41) is 20.4. The molecule has 0 saturated carbocycles. The van der Waals surface area contributed by atoms with Gasteiger partial charge in [-0.3, -0.25) is 9.59 Å². The van der Waals surface area contributed by atoms with Crippen molar-refractivity contribution in [3.8, 4) is 22.9 Å².